The van der Waals surface area contributed by atoms with Gasteiger partial charge in [0.1, 0.15) is 72.1 Å². The Bertz CT molecular complexity index is 3360. The standard InChI is InChI=1S/C75H112F12N12O13/c1-12-29-91(5)66(106)54-36-58(101)95(9)52(35-56(78)79)63(103)89-61(42(4)13-2)69(109)93(7)39-59(102)94(8)51-22-16-15-19-30-98(68(51)108)55(33-43-23-26-46(27-24-43)74(82,83)84)67(107)92(6)38-57(100)88-50(28-25-44-31-48(76)60(49(77)32-44)75(85,86)87)65(105)99-37-47(112-14-3)34-53(99)64(104)90-72(40-73(80,81)41-72)71(111)97(11)62(70(110)96(54)10)45-20-17-18-21-45/h15-16,42-56,60-62H,12-14,17-41H2,1-11H3,(H,88,100)(H,89,103)(H,90,104)/b16-15-/t42-,43?,44?,46?,47+,48?,49?,50-,51-,52-,53-,54-,55-,60?,61-,62-/m0/s1. The van der Waals surface area contributed by atoms with E-state index in [0.29, 0.717) is 24.2 Å². The van der Waals surface area contributed by atoms with E-state index in [0.717, 1.165) is 62.5 Å². The number of carbonyl (C=O) groups is 12. The van der Waals surface area contributed by atoms with Crippen molar-refractivity contribution in [2.24, 2.45) is 35.5 Å². The molecular weight excluding hydrogens is 1500 g/mol. The molecule has 12 atom stereocenters. The summed E-state index contributed by atoms with van der Waals surface area (Å²) in [5.74, 6) is -24.5. The van der Waals surface area contributed by atoms with Crippen molar-refractivity contribution < 1.29 is 115 Å². The maximum Gasteiger partial charge on any atom is 0.397 e. The van der Waals surface area contributed by atoms with Crippen LogP contribution in [0.4, 0.5) is 52.7 Å². The van der Waals surface area contributed by atoms with Crippen LogP contribution in [-0.4, -0.2) is 301 Å². The lowest BCUT2D eigenvalue weighted by molar-refractivity contribution is -0.219. The van der Waals surface area contributed by atoms with Gasteiger partial charge in [-0.25, -0.2) is 26.3 Å². The zero-order chi connectivity index (χ0) is 83.6. The lowest BCUT2D eigenvalue weighted by Crippen LogP contribution is -2.72. The molecular formula is C75H112F12N12O13. The summed E-state index contributed by atoms with van der Waals surface area (Å²) in [5, 5.41) is 7.47. The molecule has 4 aliphatic carbocycles. The Kier molecular flexibility index (Phi) is 31.7. The quantitative estimate of drug-likeness (QED) is 0.110. The van der Waals surface area contributed by atoms with E-state index in [2.05, 4.69) is 16.0 Å². The van der Waals surface area contributed by atoms with Crippen LogP contribution in [0.15, 0.2) is 12.2 Å². The number of hydrogen-bond donors (Lipinski definition) is 3. The van der Waals surface area contributed by atoms with E-state index < -0.39 is 281 Å². The van der Waals surface area contributed by atoms with Gasteiger partial charge in [0.05, 0.1) is 31.5 Å². The van der Waals surface area contributed by atoms with Crippen molar-refractivity contribution in [1.29, 1.82) is 0 Å². The van der Waals surface area contributed by atoms with Gasteiger partial charge in [-0.1, -0.05) is 52.2 Å². The van der Waals surface area contributed by atoms with Crippen molar-refractivity contribution in [3.63, 3.8) is 0 Å². The van der Waals surface area contributed by atoms with E-state index in [1.54, 1.807) is 32.9 Å². The third-order valence-electron chi connectivity index (χ3n) is 24.0. The van der Waals surface area contributed by atoms with Crippen molar-refractivity contribution in [1.82, 2.24) is 60.0 Å². The van der Waals surface area contributed by atoms with Crippen LogP contribution in [0, 0.1) is 35.5 Å². The minimum atomic E-state index is -5.28. The highest BCUT2D eigenvalue weighted by Gasteiger charge is 2.65. The number of nitrogens with zero attached hydrogens (tertiary/aromatic N) is 9. The Hall–Kier alpha value is -7.50. The van der Waals surface area contributed by atoms with Gasteiger partial charge in [-0.2, -0.15) is 26.3 Å². The van der Waals surface area contributed by atoms with E-state index in [1.807, 2.05) is 0 Å². The average molecular weight is 1620 g/mol. The first kappa shape index (κ1) is 91.7. The molecule has 112 heavy (non-hydrogen) atoms. The number of carbonyl (C=O) groups excluding carboxylic acids is 12. The molecule has 3 aliphatic heterocycles. The number of halogens is 12. The summed E-state index contributed by atoms with van der Waals surface area (Å²) < 4.78 is 182. The van der Waals surface area contributed by atoms with E-state index >= 15 is 46.3 Å². The monoisotopic (exact) mass is 1620 g/mol. The van der Waals surface area contributed by atoms with Crippen molar-refractivity contribution in [3.05, 3.63) is 12.2 Å². The van der Waals surface area contributed by atoms with Crippen LogP contribution < -0.4 is 16.0 Å². The second-order valence-corrected chi connectivity index (χ2v) is 32.0. The zero-order valence-electron chi connectivity index (χ0n) is 65.7. The van der Waals surface area contributed by atoms with Crippen LogP contribution in [0.25, 0.3) is 0 Å². The van der Waals surface area contributed by atoms with Crippen molar-refractivity contribution >= 4 is 70.9 Å². The molecule has 7 aliphatic rings. The molecule has 4 saturated carbocycles. The molecule has 3 heterocycles. The number of hydrogen-bond acceptors (Lipinski definition) is 13. The van der Waals surface area contributed by atoms with Crippen LogP contribution in [0.1, 0.15) is 169 Å². The maximum atomic E-state index is 15.8. The van der Waals surface area contributed by atoms with Crippen LogP contribution in [0.3, 0.4) is 0 Å². The Labute approximate surface area is 646 Å². The predicted molar refractivity (Wildman–Crippen MR) is 382 cm³/mol. The van der Waals surface area contributed by atoms with Crippen LogP contribution >= 0.6 is 0 Å². The molecule has 0 radical (unpaired) electrons. The van der Waals surface area contributed by atoms with Gasteiger partial charge in [0.15, 0.2) is 0 Å². The summed E-state index contributed by atoms with van der Waals surface area (Å²) in [4.78, 5) is 189. The van der Waals surface area contributed by atoms with Crippen LogP contribution in [0.2, 0.25) is 0 Å². The van der Waals surface area contributed by atoms with Gasteiger partial charge in [-0.05, 0) is 120 Å². The highest BCUT2D eigenvalue weighted by molar-refractivity contribution is 6.01. The fourth-order valence-electron chi connectivity index (χ4n) is 17.3. The molecule has 2 unspecified atom stereocenters. The summed E-state index contributed by atoms with van der Waals surface area (Å²) in [6, 6.07) is -13.8. The fourth-order valence-corrected chi connectivity index (χ4v) is 17.3. The second kappa shape index (κ2) is 38.8. The van der Waals surface area contributed by atoms with E-state index in [1.165, 1.54) is 33.0 Å². The van der Waals surface area contributed by atoms with E-state index in [-0.39, 0.29) is 83.9 Å². The van der Waals surface area contributed by atoms with Crippen LogP contribution in [0.5, 0.6) is 0 Å². The molecule has 2 saturated heterocycles. The number of alkyl halides is 12. The maximum absolute atomic E-state index is 15.8. The van der Waals surface area contributed by atoms with E-state index in [4.69, 9.17) is 4.74 Å². The van der Waals surface area contributed by atoms with Crippen molar-refractivity contribution in [2.45, 2.75) is 266 Å². The minimum Gasteiger partial charge on any atom is -0.377 e. The number of fused-ring (bicyclic) bond motifs is 3. The Morgan fingerprint density at radius 1 is 0.661 bits per heavy atom. The topological polar surface area (TPSA) is 279 Å². The third-order valence-corrected chi connectivity index (χ3v) is 24.0. The first-order chi connectivity index (χ1) is 52.3. The summed E-state index contributed by atoms with van der Waals surface area (Å²) >= 11 is 0. The Balaban J connectivity index is 1.35. The molecule has 7 rings (SSSR count). The van der Waals surface area contributed by atoms with E-state index in [9.17, 15) is 63.9 Å². The third kappa shape index (κ3) is 22.3. The summed E-state index contributed by atoms with van der Waals surface area (Å²) in [6.07, 6.45) is -24.0. The molecule has 12 amide bonds. The highest BCUT2D eigenvalue weighted by atomic mass is 19.4. The summed E-state index contributed by atoms with van der Waals surface area (Å²) in [7, 11) is 8.13. The lowest BCUT2D eigenvalue weighted by atomic mass is 9.71. The number of ether oxygens (including phenoxy) is 1. The molecule has 6 fully saturated rings. The Morgan fingerprint density at radius 2 is 1.28 bits per heavy atom. The number of nitrogens with one attached hydrogen (secondary N) is 3. The molecule has 0 aromatic rings. The Morgan fingerprint density at radius 3 is 1.84 bits per heavy atom. The van der Waals surface area contributed by atoms with Gasteiger partial charge in [-0.3, -0.25) is 57.5 Å². The van der Waals surface area contributed by atoms with Gasteiger partial charge in [-0.15, -0.1) is 0 Å². The summed E-state index contributed by atoms with van der Waals surface area (Å²) in [6.45, 7) is 3.90. The minimum absolute atomic E-state index is 0.0401. The van der Waals surface area contributed by atoms with Gasteiger partial charge in [0, 0.05) is 101 Å². The zero-order valence-corrected chi connectivity index (χ0v) is 65.7. The number of amides is 12. The summed E-state index contributed by atoms with van der Waals surface area (Å²) in [5.41, 5.74) is -2.57. The number of likely N-dealkylation sites (N-methyl/N-ethyl adjacent to an activating group) is 7. The highest BCUT2D eigenvalue weighted by Crippen LogP contribution is 2.49. The first-order valence-corrected chi connectivity index (χ1v) is 39.0. The SMILES string of the molecule is CCCN(C)C(=O)[C@@H]1CC(=O)N(C)[C@@H](CC(F)F)C(=O)N[C@@H]([C@@H](C)CC)C(=O)N(C)CC(=O)N(C)[C@H]2C/C=C\CCN(C2=O)[C@@H](CC2CCC(C(F)(F)F)CC2)C(=O)N(C)CC(=O)N[C@@H](CCC2CC(F)C(C(F)(F)F)C(F)C2)C(=O)N2C[C@H](OCC)C[C@H]2C(=O)NC2(CC(F)(F)C2)C(=O)N(C)[C@@H](C2CCCC2)C(=O)N1C. The fraction of sp³-hybridized carbons (Fsp3) is 0.813. The van der Waals surface area contributed by atoms with Gasteiger partial charge in [0.2, 0.25) is 77.3 Å². The van der Waals surface area contributed by atoms with Crippen molar-refractivity contribution in [3.8, 4) is 0 Å². The van der Waals surface area contributed by atoms with Crippen LogP contribution in [-0.2, 0) is 62.3 Å². The normalized spacial score (nSPS) is 31.8. The smallest absolute Gasteiger partial charge is 0.377 e. The molecule has 0 aromatic heterocycles. The first-order valence-electron chi connectivity index (χ1n) is 39.0. The van der Waals surface area contributed by atoms with Gasteiger partial charge >= 0.3 is 12.4 Å². The molecule has 25 nitrogen and oxygen atoms in total. The number of rotatable bonds is 15. The molecule has 1 spiro atoms. The largest absolute Gasteiger partial charge is 0.397 e. The lowest BCUT2D eigenvalue weighted by Gasteiger charge is -2.50. The van der Waals surface area contributed by atoms with Crippen molar-refractivity contribution in [2.75, 3.05) is 88.7 Å². The molecule has 0 aromatic carbocycles. The molecule has 634 valence electrons. The molecule has 3 N–H and O–H groups in total. The predicted octanol–water partition coefficient (Wildman–Crippen LogP) is 6.99. The average Bonchev–Trinajstić information content (AvgIpc) is 0.935. The molecule has 2 bridgehead atoms. The van der Waals surface area contributed by atoms with Gasteiger partial charge in [0.25, 0.3) is 5.92 Å². The molecule has 37 heteroatoms. The van der Waals surface area contributed by atoms with Gasteiger partial charge < -0.3 is 64.8 Å². The second-order valence-electron chi connectivity index (χ2n) is 32.0.